The molecule has 0 radical (unpaired) electrons. The quantitative estimate of drug-likeness (QED) is 0.918. The zero-order chi connectivity index (χ0) is 15.5. The Morgan fingerprint density at radius 2 is 1.62 bits per heavy atom. The molecule has 0 aromatic heterocycles. The molecule has 0 heterocycles. The number of hydrogen-bond acceptors (Lipinski definition) is 2. The molecule has 0 spiro atoms. The molecule has 0 aliphatic heterocycles. The van der Waals surface area contributed by atoms with E-state index in [-0.39, 0.29) is 5.41 Å². The molecule has 21 heavy (non-hydrogen) atoms. The summed E-state index contributed by atoms with van der Waals surface area (Å²) in [5.74, 6) is 0.502. The number of benzene rings is 1. The summed E-state index contributed by atoms with van der Waals surface area (Å²) in [6.45, 7) is 6.94. The van der Waals surface area contributed by atoms with Gasteiger partial charge < -0.3 is 0 Å². The molecule has 0 saturated heterocycles. The average Bonchev–Trinajstić information content (AvgIpc) is 2.46. The zero-order valence-electron chi connectivity index (χ0n) is 13.4. The molecule has 1 saturated carbocycles. The van der Waals surface area contributed by atoms with Crippen LogP contribution in [-0.2, 0) is 15.4 Å². The Morgan fingerprint density at radius 1 is 1.05 bits per heavy atom. The van der Waals surface area contributed by atoms with Crippen molar-refractivity contribution < 1.29 is 8.42 Å². The van der Waals surface area contributed by atoms with Gasteiger partial charge in [0.2, 0.25) is 10.0 Å². The third kappa shape index (κ3) is 4.55. The van der Waals surface area contributed by atoms with E-state index in [1.54, 1.807) is 12.1 Å². The van der Waals surface area contributed by atoms with Gasteiger partial charge >= 0.3 is 0 Å². The SMILES string of the molecule is CC(C)(C)c1ccc(S(=O)(=O)NCC2CCCCC2)cc1. The smallest absolute Gasteiger partial charge is 0.211 e. The van der Waals surface area contributed by atoms with E-state index in [2.05, 4.69) is 25.5 Å². The maximum absolute atomic E-state index is 12.3. The summed E-state index contributed by atoms with van der Waals surface area (Å²) in [7, 11) is -3.37. The molecule has 3 nitrogen and oxygen atoms in total. The average molecular weight is 309 g/mol. The van der Waals surface area contributed by atoms with Crippen LogP contribution in [0.25, 0.3) is 0 Å². The Balaban J connectivity index is 2.01. The van der Waals surface area contributed by atoms with Gasteiger partial charge in [0.05, 0.1) is 4.90 Å². The fraction of sp³-hybridized carbons (Fsp3) is 0.647. The van der Waals surface area contributed by atoms with Crippen LogP contribution in [0, 0.1) is 5.92 Å². The van der Waals surface area contributed by atoms with E-state index in [0.29, 0.717) is 17.4 Å². The largest absolute Gasteiger partial charge is 0.240 e. The Bertz CT molecular complexity index is 549. The lowest BCUT2D eigenvalue weighted by molar-refractivity contribution is 0.357. The summed E-state index contributed by atoms with van der Waals surface area (Å²) in [4.78, 5) is 0.367. The molecule has 0 bridgehead atoms. The first-order valence-corrected chi connectivity index (χ1v) is 9.37. The van der Waals surface area contributed by atoms with Crippen molar-refractivity contribution in [2.45, 2.75) is 63.2 Å². The van der Waals surface area contributed by atoms with Gasteiger partial charge in [-0.1, -0.05) is 52.2 Å². The van der Waals surface area contributed by atoms with E-state index in [4.69, 9.17) is 0 Å². The number of hydrogen-bond donors (Lipinski definition) is 1. The van der Waals surface area contributed by atoms with E-state index in [1.165, 1.54) is 19.3 Å². The normalized spacial score (nSPS) is 17.9. The van der Waals surface area contributed by atoms with Crippen molar-refractivity contribution in [2.24, 2.45) is 5.92 Å². The fourth-order valence-electron chi connectivity index (χ4n) is 2.84. The molecule has 1 N–H and O–H groups in total. The van der Waals surface area contributed by atoms with Gasteiger partial charge in [-0.15, -0.1) is 0 Å². The Labute approximate surface area is 129 Å². The van der Waals surface area contributed by atoms with Gasteiger partial charge in [0, 0.05) is 6.54 Å². The van der Waals surface area contributed by atoms with E-state index >= 15 is 0 Å². The lowest BCUT2D eigenvalue weighted by Gasteiger charge is -2.22. The monoisotopic (exact) mass is 309 g/mol. The number of sulfonamides is 1. The van der Waals surface area contributed by atoms with Crippen LogP contribution in [0.2, 0.25) is 0 Å². The van der Waals surface area contributed by atoms with E-state index in [0.717, 1.165) is 18.4 Å². The molecule has 1 aliphatic carbocycles. The van der Waals surface area contributed by atoms with Crippen molar-refractivity contribution in [3.63, 3.8) is 0 Å². The van der Waals surface area contributed by atoms with Crippen molar-refractivity contribution in [2.75, 3.05) is 6.54 Å². The highest BCUT2D eigenvalue weighted by molar-refractivity contribution is 7.89. The molecule has 2 rings (SSSR count). The molecule has 4 heteroatoms. The first-order valence-electron chi connectivity index (χ1n) is 7.89. The summed E-state index contributed by atoms with van der Waals surface area (Å²) < 4.78 is 27.4. The summed E-state index contributed by atoms with van der Waals surface area (Å²) in [6, 6.07) is 7.25. The fourth-order valence-corrected chi connectivity index (χ4v) is 3.95. The Hall–Kier alpha value is -0.870. The van der Waals surface area contributed by atoms with Gasteiger partial charge in [-0.05, 0) is 41.9 Å². The van der Waals surface area contributed by atoms with E-state index in [9.17, 15) is 8.42 Å². The summed E-state index contributed by atoms with van der Waals surface area (Å²) in [5.41, 5.74) is 1.19. The second kappa shape index (κ2) is 6.49. The van der Waals surface area contributed by atoms with Crippen LogP contribution in [0.3, 0.4) is 0 Å². The molecule has 0 amide bonds. The maximum Gasteiger partial charge on any atom is 0.240 e. The first kappa shape index (κ1) is 16.5. The van der Waals surface area contributed by atoms with Crippen LogP contribution in [0.1, 0.15) is 58.4 Å². The van der Waals surface area contributed by atoms with Gasteiger partial charge in [-0.3, -0.25) is 0 Å². The molecule has 1 aromatic rings. The van der Waals surface area contributed by atoms with Gasteiger partial charge in [-0.25, -0.2) is 13.1 Å². The second-order valence-corrected chi connectivity index (χ2v) is 8.90. The molecule has 1 aliphatic rings. The minimum Gasteiger partial charge on any atom is -0.211 e. The van der Waals surface area contributed by atoms with Crippen LogP contribution in [0.5, 0.6) is 0 Å². The molecule has 1 fully saturated rings. The van der Waals surface area contributed by atoms with Crippen LogP contribution in [0.4, 0.5) is 0 Å². The third-order valence-corrected chi connectivity index (χ3v) is 5.76. The van der Waals surface area contributed by atoms with Gasteiger partial charge in [-0.2, -0.15) is 0 Å². The minimum absolute atomic E-state index is 0.0395. The van der Waals surface area contributed by atoms with Gasteiger partial charge in [0.25, 0.3) is 0 Å². The van der Waals surface area contributed by atoms with E-state index < -0.39 is 10.0 Å². The highest BCUT2D eigenvalue weighted by atomic mass is 32.2. The summed E-state index contributed by atoms with van der Waals surface area (Å²) in [6.07, 6.45) is 6.04. The molecule has 118 valence electrons. The third-order valence-electron chi connectivity index (χ3n) is 4.32. The molecule has 0 unspecified atom stereocenters. The minimum atomic E-state index is -3.37. The van der Waals surface area contributed by atoms with Crippen molar-refractivity contribution >= 4 is 10.0 Å². The predicted octanol–water partition coefficient (Wildman–Crippen LogP) is 3.84. The maximum atomic E-state index is 12.3. The lowest BCUT2D eigenvalue weighted by Crippen LogP contribution is -2.30. The van der Waals surface area contributed by atoms with Crippen molar-refractivity contribution in [1.29, 1.82) is 0 Å². The van der Waals surface area contributed by atoms with Gasteiger partial charge in [0.15, 0.2) is 0 Å². The Morgan fingerprint density at radius 3 is 2.14 bits per heavy atom. The standard InChI is InChI=1S/C17H27NO2S/c1-17(2,3)15-9-11-16(12-10-15)21(19,20)18-13-14-7-5-4-6-8-14/h9-12,14,18H,4-8,13H2,1-3H3. The highest BCUT2D eigenvalue weighted by Gasteiger charge is 2.20. The number of rotatable bonds is 4. The van der Waals surface area contributed by atoms with Gasteiger partial charge in [0.1, 0.15) is 0 Å². The van der Waals surface area contributed by atoms with Crippen LogP contribution in [0.15, 0.2) is 29.2 Å². The first-order chi connectivity index (χ1) is 9.79. The van der Waals surface area contributed by atoms with Crippen molar-refractivity contribution in [3.05, 3.63) is 29.8 Å². The second-order valence-electron chi connectivity index (χ2n) is 7.13. The molecular formula is C17H27NO2S. The summed E-state index contributed by atoms with van der Waals surface area (Å²) >= 11 is 0. The Kier molecular flexibility index (Phi) is 5.10. The van der Waals surface area contributed by atoms with Crippen LogP contribution in [-0.4, -0.2) is 15.0 Å². The molecular weight excluding hydrogens is 282 g/mol. The van der Waals surface area contributed by atoms with Crippen molar-refractivity contribution in [1.82, 2.24) is 4.72 Å². The molecule has 0 atom stereocenters. The van der Waals surface area contributed by atoms with Crippen LogP contribution < -0.4 is 4.72 Å². The van der Waals surface area contributed by atoms with E-state index in [1.807, 2.05) is 12.1 Å². The molecule has 1 aromatic carbocycles. The summed E-state index contributed by atoms with van der Waals surface area (Å²) in [5, 5.41) is 0. The predicted molar refractivity (Wildman–Crippen MR) is 86.9 cm³/mol. The topological polar surface area (TPSA) is 46.2 Å². The van der Waals surface area contributed by atoms with Crippen LogP contribution >= 0.6 is 0 Å². The highest BCUT2D eigenvalue weighted by Crippen LogP contribution is 2.25. The lowest BCUT2D eigenvalue weighted by atomic mass is 9.87. The zero-order valence-corrected chi connectivity index (χ0v) is 14.2. The van der Waals surface area contributed by atoms with Crippen molar-refractivity contribution in [3.8, 4) is 0 Å². The number of nitrogens with one attached hydrogen (secondary N) is 1.